The van der Waals surface area contributed by atoms with E-state index < -0.39 is 6.10 Å². The minimum atomic E-state index is -0.501. The maximum Gasteiger partial charge on any atom is 0.119 e. The number of aliphatic hydroxyl groups excluding tert-OH is 1. The van der Waals surface area contributed by atoms with Crippen molar-refractivity contribution in [1.29, 1.82) is 0 Å². The molecule has 0 saturated carbocycles. The summed E-state index contributed by atoms with van der Waals surface area (Å²) in [6.45, 7) is 7.56. The van der Waals surface area contributed by atoms with Crippen molar-refractivity contribution in [2.75, 3.05) is 23.9 Å². The van der Waals surface area contributed by atoms with Crippen LogP contribution in [0, 0.1) is 5.92 Å². The van der Waals surface area contributed by atoms with Gasteiger partial charge in [-0.3, -0.25) is 0 Å². The lowest BCUT2D eigenvalue weighted by molar-refractivity contribution is 0.127. The van der Waals surface area contributed by atoms with Crippen LogP contribution in [-0.2, 0) is 5.41 Å². The van der Waals surface area contributed by atoms with E-state index in [1.807, 2.05) is 24.3 Å². The quantitative estimate of drug-likeness (QED) is 0.435. The lowest BCUT2D eigenvalue weighted by atomic mass is 9.78. The average molecular weight is 500 g/mol. The number of hydrogen-bond donors (Lipinski definition) is 1. The number of benzene rings is 2. The number of ether oxygens (including phenoxy) is 2. The minimum Gasteiger partial charge on any atom is -0.493 e. The third kappa shape index (κ3) is 6.51. The lowest BCUT2D eigenvalue weighted by Gasteiger charge is -2.26. The van der Waals surface area contributed by atoms with Crippen LogP contribution in [0.5, 0.6) is 11.5 Å². The van der Waals surface area contributed by atoms with Gasteiger partial charge in [0, 0.05) is 16.1 Å². The van der Waals surface area contributed by atoms with Crippen LogP contribution < -0.4 is 9.47 Å². The maximum atomic E-state index is 9.57. The molecule has 0 radical (unpaired) electrons. The highest BCUT2D eigenvalue weighted by atomic mass is 79.9. The van der Waals surface area contributed by atoms with Gasteiger partial charge >= 0.3 is 0 Å². The van der Waals surface area contributed by atoms with Gasteiger partial charge in [0.05, 0.1) is 12.7 Å². The molecule has 0 bridgehead atoms. The van der Waals surface area contributed by atoms with Crippen molar-refractivity contribution in [2.24, 2.45) is 5.92 Å². The van der Waals surface area contributed by atoms with Crippen LogP contribution in [-0.4, -0.2) is 35.1 Å². The second-order valence-electron chi connectivity index (χ2n) is 7.36. The zero-order valence-electron chi connectivity index (χ0n) is 16.1. The second-order valence-corrected chi connectivity index (χ2v) is 8.66. The van der Waals surface area contributed by atoms with Crippen molar-refractivity contribution in [1.82, 2.24) is 0 Å². The second kappa shape index (κ2) is 10.5. The van der Waals surface area contributed by atoms with Crippen LogP contribution >= 0.6 is 31.9 Å². The van der Waals surface area contributed by atoms with Gasteiger partial charge in [-0.25, -0.2) is 0 Å². The monoisotopic (exact) mass is 498 g/mol. The topological polar surface area (TPSA) is 38.7 Å². The number of halogens is 2. The van der Waals surface area contributed by atoms with Crippen molar-refractivity contribution >= 4 is 31.9 Å². The Balaban J connectivity index is 2.04. The first-order valence-electron chi connectivity index (χ1n) is 9.13. The molecule has 0 aliphatic heterocycles. The fourth-order valence-electron chi connectivity index (χ4n) is 2.62. The van der Waals surface area contributed by atoms with Gasteiger partial charge in [0.15, 0.2) is 0 Å². The molecule has 0 aliphatic carbocycles. The van der Waals surface area contributed by atoms with E-state index in [2.05, 4.69) is 76.9 Å². The fraction of sp³-hybridized carbons (Fsp3) is 0.455. The molecule has 3 nitrogen and oxygen atoms in total. The molecule has 0 aliphatic rings. The molecule has 2 rings (SSSR count). The molecule has 0 fully saturated rings. The first-order valence-corrected chi connectivity index (χ1v) is 11.4. The molecule has 2 atom stereocenters. The normalized spacial score (nSPS) is 13.9. The van der Waals surface area contributed by atoms with E-state index in [4.69, 9.17) is 9.47 Å². The molecule has 2 aromatic rings. The summed E-state index contributed by atoms with van der Waals surface area (Å²) in [4.78, 5) is 0. The Morgan fingerprint density at radius 2 is 1.26 bits per heavy atom. The van der Waals surface area contributed by atoms with E-state index in [1.54, 1.807) is 0 Å². The Kier molecular flexibility index (Phi) is 8.64. The zero-order valence-corrected chi connectivity index (χ0v) is 19.3. The molecule has 0 heterocycles. The van der Waals surface area contributed by atoms with E-state index in [0.29, 0.717) is 17.9 Å². The SMILES string of the molecule is CC(CBr)COc1ccc(C(C)(C)c2ccc(OCC(O)CBr)cc2)cc1. The van der Waals surface area contributed by atoms with Crippen molar-refractivity contribution in [3.8, 4) is 11.5 Å². The molecular weight excluding hydrogens is 472 g/mol. The van der Waals surface area contributed by atoms with Gasteiger partial charge in [0.1, 0.15) is 18.1 Å². The van der Waals surface area contributed by atoms with Crippen LogP contribution in [0.3, 0.4) is 0 Å². The van der Waals surface area contributed by atoms with E-state index in [1.165, 1.54) is 11.1 Å². The highest BCUT2D eigenvalue weighted by molar-refractivity contribution is 9.09. The molecule has 0 spiro atoms. The standard InChI is InChI=1S/C22H28Br2O3/c1-16(12-23)14-26-20-8-4-17(5-9-20)22(2,3)18-6-10-21(11-7-18)27-15-19(25)13-24/h4-11,16,19,25H,12-15H2,1-3H3. The largest absolute Gasteiger partial charge is 0.493 e. The number of alkyl halides is 2. The summed E-state index contributed by atoms with van der Waals surface area (Å²) in [5, 5.41) is 11.0. The molecule has 2 unspecified atom stereocenters. The Bertz CT molecular complexity index is 624. The Hall–Kier alpha value is -1.04. The summed E-state index contributed by atoms with van der Waals surface area (Å²) in [6.07, 6.45) is -0.501. The number of aliphatic hydroxyl groups is 1. The maximum absolute atomic E-state index is 9.57. The molecule has 27 heavy (non-hydrogen) atoms. The predicted molar refractivity (Wildman–Crippen MR) is 119 cm³/mol. The summed E-state index contributed by atoms with van der Waals surface area (Å²) in [5.74, 6) is 2.15. The van der Waals surface area contributed by atoms with Gasteiger partial charge in [-0.05, 0) is 41.3 Å². The predicted octanol–water partition coefficient (Wildman–Crippen LogP) is 5.56. The summed E-state index contributed by atoms with van der Waals surface area (Å²) < 4.78 is 11.4. The fourth-order valence-corrected chi connectivity index (χ4v) is 3.00. The smallest absolute Gasteiger partial charge is 0.119 e. The Labute approximate surface area is 179 Å². The molecule has 1 N–H and O–H groups in total. The van der Waals surface area contributed by atoms with Crippen LogP contribution in [0.25, 0.3) is 0 Å². The van der Waals surface area contributed by atoms with Crippen LogP contribution in [0.2, 0.25) is 0 Å². The molecular formula is C22H28Br2O3. The van der Waals surface area contributed by atoms with Gasteiger partial charge in [0.2, 0.25) is 0 Å². The van der Waals surface area contributed by atoms with Gasteiger partial charge in [0.25, 0.3) is 0 Å². The summed E-state index contributed by atoms with van der Waals surface area (Å²) in [5.41, 5.74) is 2.31. The van der Waals surface area contributed by atoms with Gasteiger partial charge in [-0.15, -0.1) is 0 Å². The van der Waals surface area contributed by atoms with E-state index >= 15 is 0 Å². The van der Waals surface area contributed by atoms with Crippen LogP contribution in [0.15, 0.2) is 48.5 Å². The summed E-state index contributed by atoms with van der Waals surface area (Å²) in [6, 6.07) is 16.4. The van der Waals surface area contributed by atoms with Crippen LogP contribution in [0.1, 0.15) is 31.9 Å². The molecule has 0 aromatic heterocycles. The van der Waals surface area contributed by atoms with Gasteiger partial charge in [-0.2, -0.15) is 0 Å². The molecule has 148 valence electrons. The highest BCUT2D eigenvalue weighted by Gasteiger charge is 2.23. The van der Waals surface area contributed by atoms with Crippen molar-refractivity contribution in [2.45, 2.75) is 32.3 Å². The highest BCUT2D eigenvalue weighted by Crippen LogP contribution is 2.33. The minimum absolute atomic E-state index is 0.129. The van der Waals surface area contributed by atoms with Crippen LogP contribution in [0.4, 0.5) is 0 Å². The average Bonchev–Trinajstić information content (AvgIpc) is 2.70. The van der Waals surface area contributed by atoms with Gasteiger partial charge < -0.3 is 14.6 Å². The number of rotatable bonds is 10. The van der Waals surface area contributed by atoms with E-state index in [9.17, 15) is 5.11 Å². The lowest BCUT2D eigenvalue weighted by Crippen LogP contribution is -2.20. The number of hydrogen-bond acceptors (Lipinski definition) is 3. The summed E-state index contributed by atoms with van der Waals surface area (Å²) >= 11 is 6.71. The van der Waals surface area contributed by atoms with E-state index in [0.717, 1.165) is 16.8 Å². The zero-order chi connectivity index (χ0) is 19.9. The van der Waals surface area contributed by atoms with Crippen molar-refractivity contribution < 1.29 is 14.6 Å². The Morgan fingerprint density at radius 3 is 1.67 bits per heavy atom. The van der Waals surface area contributed by atoms with Crippen molar-refractivity contribution in [3.05, 3.63) is 59.7 Å². The van der Waals surface area contributed by atoms with E-state index in [-0.39, 0.29) is 12.0 Å². The van der Waals surface area contributed by atoms with Crippen molar-refractivity contribution in [3.63, 3.8) is 0 Å². The first kappa shape index (κ1) is 22.3. The molecule has 0 saturated heterocycles. The Morgan fingerprint density at radius 1 is 0.815 bits per heavy atom. The summed E-state index contributed by atoms with van der Waals surface area (Å²) in [7, 11) is 0. The first-order chi connectivity index (χ1) is 12.9. The third-order valence-corrected chi connectivity index (χ3v) is 6.42. The third-order valence-electron chi connectivity index (χ3n) is 4.57. The van der Waals surface area contributed by atoms with Gasteiger partial charge in [-0.1, -0.05) is 76.9 Å². The molecule has 5 heteroatoms. The molecule has 2 aromatic carbocycles. The molecule has 0 amide bonds.